The molecule has 2 aliphatic carbocycles. The Morgan fingerprint density at radius 3 is 2.79 bits per heavy atom. The molecule has 3 aliphatic rings. The maximum Gasteiger partial charge on any atom is 0.410 e. The average molecular weight is 380 g/mol. The molecular weight excluding hydrogens is 355 g/mol. The summed E-state index contributed by atoms with van der Waals surface area (Å²) in [5, 5.41) is 9.49. The molecule has 1 aromatic rings. The summed E-state index contributed by atoms with van der Waals surface area (Å²) in [5.41, 5.74) is 5.70. The lowest BCUT2D eigenvalue weighted by molar-refractivity contribution is 0.0273. The van der Waals surface area contributed by atoms with Crippen LogP contribution in [-0.4, -0.2) is 29.7 Å². The maximum atomic E-state index is 15.2. The highest BCUT2D eigenvalue weighted by molar-refractivity contribution is 5.89. The molecule has 1 heterocycles. The third kappa shape index (κ3) is 3.22. The largest absolute Gasteiger partial charge is 0.444 e. The van der Waals surface area contributed by atoms with Crippen molar-refractivity contribution in [3.63, 3.8) is 0 Å². The van der Waals surface area contributed by atoms with Gasteiger partial charge in [-0.15, -0.1) is 0 Å². The van der Waals surface area contributed by atoms with Crippen LogP contribution in [0.4, 0.5) is 9.18 Å². The minimum Gasteiger partial charge on any atom is -0.444 e. The van der Waals surface area contributed by atoms with Crippen LogP contribution in [-0.2, 0) is 11.2 Å². The number of carbonyl (C=O) groups is 1. The molecule has 1 amide bonds. The predicted octanol–water partition coefficient (Wildman–Crippen LogP) is 5.22. The van der Waals surface area contributed by atoms with E-state index in [-0.39, 0.29) is 11.9 Å². The summed E-state index contributed by atoms with van der Waals surface area (Å²) in [6.45, 7) is 6.41. The van der Waals surface area contributed by atoms with Crippen LogP contribution in [0.1, 0.15) is 68.7 Å². The summed E-state index contributed by atoms with van der Waals surface area (Å²) in [6, 6.07) is 3.53. The van der Waals surface area contributed by atoms with Crippen LogP contribution in [0.2, 0.25) is 0 Å². The summed E-state index contributed by atoms with van der Waals surface area (Å²) in [4.78, 5) is 14.2. The summed E-state index contributed by atoms with van der Waals surface area (Å²) >= 11 is 0. The second-order valence-corrected chi connectivity index (χ2v) is 8.78. The van der Waals surface area contributed by atoms with Crippen molar-refractivity contribution >= 4 is 17.2 Å². The van der Waals surface area contributed by atoms with E-state index in [1.165, 1.54) is 17.2 Å². The van der Waals surface area contributed by atoms with Crippen molar-refractivity contribution in [3.8, 4) is 6.07 Å². The molecule has 1 aromatic carbocycles. The van der Waals surface area contributed by atoms with E-state index in [2.05, 4.69) is 6.07 Å². The van der Waals surface area contributed by atoms with Gasteiger partial charge in [0.25, 0.3) is 0 Å². The third-order valence-corrected chi connectivity index (χ3v) is 5.66. The third-order valence-electron chi connectivity index (χ3n) is 5.66. The van der Waals surface area contributed by atoms with Crippen molar-refractivity contribution in [2.45, 2.75) is 58.5 Å². The van der Waals surface area contributed by atoms with E-state index in [9.17, 15) is 10.1 Å². The lowest BCUT2D eigenvalue weighted by Crippen LogP contribution is -2.39. The van der Waals surface area contributed by atoms with Gasteiger partial charge in [0.2, 0.25) is 0 Å². The first-order valence-corrected chi connectivity index (χ1v) is 9.92. The number of amides is 1. The maximum absolute atomic E-state index is 15.2. The summed E-state index contributed by atoms with van der Waals surface area (Å²) in [6.07, 6.45) is 6.12. The van der Waals surface area contributed by atoms with Crippen LogP contribution in [0.5, 0.6) is 0 Å². The molecule has 0 bridgehead atoms. The number of ether oxygens (including phenoxy) is 1. The van der Waals surface area contributed by atoms with Gasteiger partial charge in [-0.1, -0.05) is 11.6 Å². The van der Waals surface area contributed by atoms with E-state index >= 15 is 4.39 Å². The summed E-state index contributed by atoms with van der Waals surface area (Å²) in [7, 11) is 0. The van der Waals surface area contributed by atoms with Crippen molar-refractivity contribution < 1.29 is 13.9 Å². The fourth-order valence-corrected chi connectivity index (χ4v) is 4.55. The second-order valence-electron chi connectivity index (χ2n) is 8.78. The fourth-order valence-electron chi connectivity index (χ4n) is 4.55. The van der Waals surface area contributed by atoms with Gasteiger partial charge in [-0.25, -0.2) is 9.18 Å². The molecular formula is C23H25FN2O2. The highest BCUT2D eigenvalue weighted by Gasteiger charge is 2.34. The minimum atomic E-state index is -0.567. The van der Waals surface area contributed by atoms with Gasteiger partial charge in [-0.2, -0.15) is 5.26 Å². The molecule has 0 radical (unpaired) electrons. The lowest BCUT2D eigenvalue weighted by Gasteiger charge is -2.31. The van der Waals surface area contributed by atoms with Crippen LogP contribution in [0.15, 0.2) is 17.7 Å². The SMILES string of the molecule is CC(C)(C)OC(=O)N1CCC=C(c2c(F)cc(C#N)c3c2C2=C(CCC2)C3)C1. The molecule has 0 atom stereocenters. The number of fused-ring (bicyclic) bond motifs is 2. The highest BCUT2D eigenvalue weighted by Crippen LogP contribution is 2.48. The monoisotopic (exact) mass is 380 g/mol. The Bertz CT molecular complexity index is 960. The number of carbonyl (C=O) groups excluding carboxylic acids is 1. The molecule has 1 aliphatic heterocycles. The van der Waals surface area contributed by atoms with E-state index in [1.54, 1.807) is 4.90 Å². The van der Waals surface area contributed by atoms with Crippen LogP contribution in [0.3, 0.4) is 0 Å². The predicted molar refractivity (Wildman–Crippen MR) is 106 cm³/mol. The number of allylic oxidation sites excluding steroid dienone is 2. The first-order chi connectivity index (χ1) is 13.3. The van der Waals surface area contributed by atoms with Gasteiger partial charge in [0.05, 0.1) is 11.6 Å². The topological polar surface area (TPSA) is 53.3 Å². The van der Waals surface area contributed by atoms with Gasteiger partial charge in [0.1, 0.15) is 11.4 Å². The lowest BCUT2D eigenvalue weighted by atomic mass is 9.88. The fraction of sp³-hybridized carbons (Fsp3) is 0.478. The number of halogens is 1. The van der Waals surface area contributed by atoms with Crippen molar-refractivity contribution in [1.82, 2.24) is 4.90 Å². The number of rotatable bonds is 1. The van der Waals surface area contributed by atoms with E-state index in [4.69, 9.17) is 4.74 Å². The Labute approximate surface area is 165 Å². The quantitative estimate of drug-likeness (QED) is 0.671. The van der Waals surface area contributed by atoms with Gasteiger partial charge in [0.15, 0.2) is 0 Å². The first kappa shape index (κ1) is 18.7. The number of hydrogen-bond donors (Lipinski definition) is 0. The van der Waals surface area contributed by atoms with Crippen molar-refractivity contribution in [3.05, 3.63) is 45.8 Å². The molecule has 5 heteroatoms. The standard InChI is InChI=1S/C23H25FN2O2/c1-23(2,3)28-22(27)26-9-5-7-15(13-26)20-19(24)11-16(12-25)18-10-14-6-4-8-17(14)21(18)20/h7,11H,4-6,8-10,13H2,1-3H3. The molecule has 0 saturated carbocycles. The molecule has 146 valence electrons. The molecule has 0 fully saturated rings. The van der Waals surface area contributed by atoms with Crippen molar-refractivity contribution in [2.75, 3.05) is 13.1 Å². The zero-order chi connectivity index (χ0) is 20.1. The van der Waals surface area contributed by atoms with Crippen LogP contribution in [0.25, 0.3) is 11.1 Å². The molecule has 4 nitrogen and oxygen atoms in total. The molecule has 0 unspecified atom stereocenters. The minimum absolute atomic E-state index is 0.326. The Morgan fingerprint density at radius 2 is 2.07 bits per heavy atom. The average Bonchev–Trinajstić information content (AvgIpc) is 3.21. The van der Waals surface area contributed by atoms with Crippen molar-refractivity contribution in [1.29, 1.82) is 5.26 Å². The number of nitriles is 1. The van der Waals surface area contributed by atoms with E-state index in [0.717, 1.165) is 42.4 Å². The van der Waals surface area contributed by atoms with Crippen molar-refractivity contribution in [2.24, 2.45) is 0 Å². The number of benzene rings is 1. The van der Waals surface area contributed by atoms with Crippen LogP contribution in [0, 0.1) is 17.1 Å². The van der Waals surface area contributed by atoms with Crippen LogP contribution < -0.4 is 0 Å². The van der Waals surface area contributed by atoms with E-state index in [1.807, 2.05) is 26.8 Å². The molecule has 0 saturated heterocycles. The first-order valence-electron chi connectivity index (χ1n) is 9.92. The normalized spacial score (nSPS) is 18.5. The Kier molecular flexibility index (Phi) is 4.53. The zero-order valence-corrected chi connectivity index (χ0v) is 16.7. The number of nitrogens with zero attached hydrogens (tertiary/aromatic N) is 2. The second kappa shape index (κ2) is 6.77. The molecule has 0 N–H and O–H groups in total. The van der Waals surface area contributed by atoms with Gasteiger partial charge < -0.3 is 9.64 Å². The van der Waals surface area contributed by atoms with Gasteiger partial charge in [-0.05, 0) is 81.2 Å². The van der Waals surface area contributed by atoms with E-state index < -0.39 is 5.60 Å². The summed E-state index contributed by atoms with van der Waals surface area (Å²) in [5.74, 6) is -0.367. The van der Waals surface area contributed by atoms with Gasteiger partial charge in [-0.3, -0.25) is 0 Å². The Morgan fingerprint density at radius 1 is 1.29 bits per heavy atom. The molecule has 28 heavy (non-hydrogen) atoms. The molecule has 4 rings (SSSR count). The van der Waals surface area contributed by atoms with Gasteiger partial charge >= 0.3 is 6.09 Å². The van der Waals surface area contributed by atoms with Gasteiger partial charge in [0, 0.05) is 18.7 Å². The van der Waals surface area contributed by atoms with Crippen LogP contribution >= 0.6 is 0 Å². The van der Waals surface area contributed by atoms with E-state index in [0.29, 0.717) is 30.6 Å². The molecule has 0 aromatic heterocycles. The Balaban J connectivity index is 1.73. The smallest absolute Gasteiger partial charge is 0.410 e. The zero-order valence-electron chi connectivity index (χ0n) is 16.7. The summed E-state index contributed by atoms with van der Waals surface area (Å²) < 4.78 is 20.7. The highest BCUT2D eigenvalue weighted by atomic mass is 19.1. The Hall–Kier alpha value is -2.61. The number of hydrogen-bond acceptors (Lipinski definition) is 3. The molecule has 0 spiro atoms.